The molecule has 1 aromatic carbocycles. The molecule has 7 nitrogen and oxygen atoms in total. The summed E-state index contributed by atoms with van der Waals surface area (Å²) in [5.41, 5.74) is 2.71. The molecule has 134 valence electrons. The van der Waals surface area contributed by atoms with Gasteiger partial charge in [-0.25, -0.2) is 9.59 Å². The van der Waals surface area contributed by atoms with E-state index in [9.17, 15) is 14.4 Å². The number of hydrogen-bond acceptors (Lipinski definition) is 6. The van der Waals surface area contributed by atoms with Gasteiger partial charge in [0.25, 0.3) is 0 Å². The molecule has 0 radical (unpaired) electrons. The first-order valence-corrected chi connectivity index (χ1v) is 7.98. The van der Waals surface area contributed by atoms with E-state index < -0.39 is 11.9 Å². The van der Waals surface area contributed by atoms with E-state index in [1.165, 1.54) is 20.3 Å². The predicted molar refractivity (Wildman–Crippen MR) is 93.8 cm³/mol. The minimum atomic E-state index is -0.660. The van der Waals surface area contributed by atoms with Crippen LogP contribution < -0.4 is 10.2 Å². The maximum absolute atomic E-state index is 12.4. The predicted octanol–water partition coefficient (Wildman–Crippen LogP) is 1.35. The van der Waals surface area contributed by atoms with Gasteiger partial charge in [0.2, 0.25) is 5.91 Å². The average Bonchev–Trinajstić information content (AvgIpc) is 2.89. The number of ether oxygens (including phenoxy) is 2. The van der Waals surface area contributed by atoms with E-state index in [0.717, 1.165) is 11.1 Å². The number of anilines is 1. The molecule has 0 unspecified atom stereocenters. The SMILES string of the molecule is COC(=O)C1=C(C(=O)OC)N(c2ccc3c(c2)CNC(=O)C3)C=CC=C1. The maximum atomic E-state index is 12.4. The number of carbonyl (C=O) groups excluding carboxylic acids is 3. The first-order valence-electron chi connectivity index (χ1n) is 7.98. The van der Waals surface area contributed by atoms with Crippen molar-refractivity contribution in [3.63, 3.8) is 0 Å². The Kier molecular flexibility index (Phi) is 4.88. The number of fused-ring (bicyclic) bond motifs is 1. The average molecular weight is 354 g/mol. The summed E-state index contributed by atoms with van der Waals surface area (Å²) in [6, 6.07) is 5.52. The minimum absolute atomic E-state index is 0.0211. The molecule has 2 heterocycles. The second-order valence-electron chi connectivity index (χ2n) is 5.72. The monoisotopic (exact) mass is 354 g/mol. The quantitative estimate of drug-likeness (QED) is 0.825. The van der Waals surface area contributed by atoms with Crippen molar-refractivity contribution in [1.29, 1.82) is 0 Å². The summed E-state index contributed by atoms with van der Waals surface area (Å²) in [5.74, 6) is -1.32. The van der Waals surface area contributed by atoms with Gasteiger partial charge < -0.3 is 19.7 Å². The molecule has 1 amide bonds. The highest BCUT2D eigenvalue weighted by Crippen LogP contribution is 2.29. The summed E-state index contributed by atoms with van der Waals surface area (Å²) in [4.78, 5) is 37.7. The van der Waals surface area contributed by atoms with Crippen LogP contribution in [-0.4, -0.2) is 32.1 Å². The summed E-state index contributed by atoms with van der Waals surface area (Å²) < 4.78 is 9.68. The number of methoxy groups -OCH3 is 2. The van der Waals surface area contributed by atoms with Gasteiger partial charge in [-0.1, -0.05) is 12.1 Å². The van der Waals surface area contributed by atoms with Crippen LogP contribution in [0.1, 0.15) is 11.1 Å². The van der Waals surface area contributed by atoms with Gasteiger partial charge in [0.05, 0.1) is 26.2 Å². The van der Waals surface area contributed by atoms with Gasteiger partial charge in [-0.2, -0.15) is 0 Å². The van der Waals surface area contributed by atoms with Crippen molar-refractivity contribution in [1.82, 2.24) is 5.32 Å². The zero-order chi connectivity index (χ0) is 18.7. The summed E-state index contributed by atoms with van der Waals surface area (Å²) in [7, 11) is 2.51. The lowest BCUT2D eigenvalue weighted by Crippen LogP contribution is -2.31. The van der Waals surface area contributed by atoms with Crippen LogP contribution in [0.25, 0.3) is 0 Å². The van der Waals surface area contributed by atoms with Crippen molar-refractivity contribution in [2.24, 2.45) is 0 Å². The zero-order valence-corrected chi connectivity index (χ0v) is 14.4. The van der Waals surface area contributed by atoms with Gasteiger partial charge in [0.15, 0.2) is 0 Å². The molecule has 0 spiro atoms. The Labute approximate surface area is 150 Å². The van der Waals surface area contributed by atoms with Gasteiger partial charge >= 0.3 is 11.9 Å². The molecular weight excluding hydrogens is 336 g/mol. The third kappa shape index (κ3) is 3.23. The van der Waals surface area contributed by atoms with E-state index in [1.54, 1.807) is 29.3 Å². The number of carbonyl (C=O) groups is 3. The largest absolute Gasteiger partial charge is 0.465 e. The van der Waals surface area contributed by atoms with Crippen molar-refractivity contribution in [3.05, 3.63) is 65.0 Å². The van der Waals surface area contributed by atoms with Crippen LogP contribution in [0.2, 0.25) is 0 Å². The third-order valence-electron chi connectivity index (χ3n) is 4.18. The topological polar surface area (TPSA) is 84.9 Å². The zero-order valence-electron chi connectivity index (χ0n) is 14.4. The normalized spacial score (nSPS) is 15.9. The highest BCUT2D eigenvalue weighted by Gasteiger charge is 2.28. The Bertz CT molecular complexity index is 867. The van der Waals surface area contributed by atoms with Crippen LogP contribution in [0, 0.1) is 0 Å². The molecule has 0 aliphatic carbocycles. The van der Waals surface area contributed by atoms with Gasteiger partial charge in [-0.05, 0) is 35.4 Å². The molecule has 2 aliphatic rings. The summed E-state index contributed by atoms with van der Waals surface area (Å²) in [6.45, 7) is 0.416. The number of amides is 1. The second kappa shape index (κ2) is 7.26. The molecule has 26 heavy (non-hydrogen) atoms. The summed E-state index contributed by atoms with van der Waals surface area (Å²) in [6.07, 6.45) is 6.85. The Hall–Kier alpha value is -3.35. The first kappa shape index (κ1) is 17.5. The lowest BCUT2D eigenvalue weighted by molar-refractivity contribution is -0.139. The van der Waals surface area contributed by atoms with E-state index in [4.69, 9.17) is 9.47 Å². The lowest BCUT2D eigenvalue weighted by Gasteiger charge is -2.25. The molecule has 7 heteroatoms. The smallest absolute Gasteiger partial charge is 0.355 e. The van der Waals surface area contributed by atoms with Crippen LogP contribution >= 0.6 is 0 Å². The van der Waals surface area contributed by atoms with E-state index in [-0.39, 0.29) is 17.2 Å². The van der Waals surface area contributed by atoms with Gasteiger partial charge in [-0.15, -0.1) is 0 Å². The molecule has 1 N–H and O–H groups in total. The van der Waals surface area contributed by atoms with Crippen molar-refractivity contribution in [2.75, 3.05) is 19.1 Å². The molecule has 0 saturated heterocycles. The molecule has 0 fully saturated rings. The van der Waals surface area contributed by atoms with Crippen molar-refractivity contribution in [3.8, 4) is 0 Å². The van der Waals surface area contributed by atoms with E-state index in [1.807, 2.05) is 12.1 Å². The first-order chi connectivity index (χ1) is 12.5. The second-order valence-corrected chi connectivity index (χ2v) is 5.72. The summed E-state index contributed by atoms with van der Waals surface area (Å²) in [5, 5.41) is 2.80. The van der Waals surface area contributed by atoms with Gasteiger partial charge in [-0.3, -0.25) is 4.79 Å². The number of esters is 2. The number of hydrogen-bond donors (Lipinski definition) is 1. The Balaban J connectivity index is 2.11. The Morgan fingerprint density at radius 3 is 2.58 bits per heavy atom. The number of rotatable bonds is 3. The fourth-order valence-electron chi connectivity index (χ4n) is 2.89. The molecule has 0 atom stereocenters. The van der Waals surface area contributed by atoms with Crippen LogP contribution in [0.3, 0.4) is 0 Å². The van der Waals surface area contributed by atoms with E-state index in [2.05, 4.69) is 5.32 Å². The molecule has 0 saturated carbocycles. The van der Waals surface area contributed by atoms with Crippen molar-refractivity contribution >= 4 is 23.5 Å². The highest BCUT2D eigenvalue weighted by molar-refractivity contribution is 6.05. The molecule has 2 aliphatic heterocycles. The van der Waals surface area contributed by atoms with Gasteiger partial charge in [0, 0.05) is 18.4 Å². The third-order valence-corrected chi connectivity index (χ3v) is 4.18. The van der Waals surface area contributed by atoms with E-state index in [0.29, 0.717) is 18.7 Å². The standard InChI is InChI=1S/C19H18N2O5/c1-25-18(23)15-5-3-4-8-21(17(15)19(24)26-2)14-7-6-12-10-16(22)20-11-13(12)9-14/h3-9H,10-11H2,1-2H3,(H,20,22). The number of nitrogens with one attached hydrogen (secondary N) is 1. The van der Waals surface area contributed by atoms with Crippen LogP contribution in [0.15, 0.2) is 53.9 Å². The van der Waals surface area contributed by atoms with E-state index >= 15 is 0 Å². The van der Waals surface area contributed by atoms with Crippen molar-refractivity contribution < 1.29 is 23.9 Å². The lowest BCUT2D eigenvalue weighted by atomic mass is 9.99. The number of benzene rings is 1. The van der Waals surface area contributed by atoms with Gasteiger partial charge in [0.1, 0.15) is 5.70 Å². The number of nitrogens with zero attached hydrogens (tertiary/aromatic N) is 1. The molecule has 0 bridgehead atoms. The number of allylic oxidation sites excluding steroid dienone is 2. The van der Waals surface area contributed by atoms with Crippen LogP contribution in [-0.2, 0) is 36.8 Å². The molecular formula is C19H18N2O5. The highest BCUT2D eigenvalue weighted by atomic mass is 16.5. The van der Waals surface area contributed by atoms with Crippen LogP contribution in [0.4, 0.5) is 5.69 Å². The maximum Gasteiger partial charge on any atom is 0.355 e. The fourth-order valence-corrected chi connectivity index (χ4v) is 2.89. The molecule has 3 rings (SSSR count). The molecule has 0 aromatic heterocycles. The summed E-state index contributed by atoms with van der Waals surface area (Å²) >= 11 is 0. The fraction of sp³-hybridized carbons (Fsp3) is 0.211. The van der Waals surface area contributed by atoms with Crippen LogP contribution in [0.5, 0.6) is 0 Å². The molecule has 1 aromatic rings. The van der Waals surface area contributed by atoms with Crippen molar-refractivity contribution in [2.45, 2.75) is 13.0 Å². The minimum Gasteiger partial charge on any atom is -0.465 e. The Morgan fingerprint density at radius 1 is 1.08 bits per heavy atom. The Morgan fingerprint density at radius 2 is 1.85 bits per heavy atom.